The maximum absolute atomic E-state index is 9.02. The molecule has 0 spiro atoms. The Labute approximate surface area is 86.1 Å². The fraction of sp³-hybridized carbons (Fsp3) is 0. The number of thiol groups is 1. The third-order valence-corrected chi connectivity index (χ3v) is 3.93. The molecule has 0 saturated carbocycles. The average Bonchev–Trinajstić information content (AvgIpc) is 2.71. The molecule has 0 saturated heterocycles. The maximum atomic E-state index is 9.02. The average molecular weight is 206 g/mol. The topological polar surface area (TPSA) is 40.5 Å². The van der Waals surface area contributed by atoms with Crippen LogP contribution in [-0.4, -0.2) is 17.2 Å². The zero-order valence-corrected chi connectivity index (χ0v) is 8.43. The number of benzene rings is 1. The highest BCUT2D eigenvalue weighted by molar-refractivity contribution is 8.22. The van der Waals surface area contributed by atoms with E-state index in [2.05, 4.69) is 10.8 Å². The summed E-state index contributed by atoms with van der Waals surface area (Å²) in [6, 6.07) is 7.42. The van der Waals surface area contributed by atoms with Gasteiger partial charge in [-0.3, -0.25) is 0 Å². The van der Waals surface area contributed by atoms with E-state index in [1.807, 2.05) is 30.4 Å². The molecule has 14 heavy (non-hydrogen) atoms. The van der Waals surface area contributed by atoms with Crippen LogP contribution in [0.2, 0.25) is 0 Å². The molecule has 0 amide bonds. The highest BCUT2D eigenvalue weighted by Gasteiger charge is 2.12. The Kier molecular flexibility index (Phi) is 2.77. The molecule has 0 bridgehead atoms. The van der Waals surface area contributed by atoms with Gasteiger partial charge in [-0.2, -0.15) is 10.9 Å². The predicted molar refractivity (Wildman–Crippen MR) is 61.8 cm³/mol. The van der Waals surface area contributed by atoms with Crippen molar-refractivity contribution in [2.24, 2.45) is 0 Å². The van der Waals surface area contributed by atoms with Crippen LogP contribution in [0.5, 0.6) is 0 Å². The lowest BCUT2D eigenvalue weighted by Gasteiger charge is -2.11. The van der Waals surface area contributed by atoms with E-state index < -0.39 is 7.12 Å². The molecule has 2 rings (SSSR count). The van der Waals surface area contributed by atoms with Crippen molar-refractivity contribution >= 4 is 23.5 Å². The predicted octanol–water partition coefficient (Wildman–Crippen LogP) is 0.767. The first-order valence-corrected chi connectivity index (χ1v) is 5.85. The lowest BCUT2D eigenvalue weighted by molar-refractivity contribution is 0.425. The van der Waals surface area contributed by atoms with Crippen LogP contribution in [0.25, 0.3) is 0 Å². The van der Waals surface area contributed by atoms with Gasteiger partial charge in [0.1, 0.15) is 0 Å². The van der Waals surface area contributed by atoms with Gasteiger partial charge in [0.25, 0.3) is 0 Å². The summed E-state index contributed by atoms with van der Waals surface area (Å²) in [4.78, 5) is 1.15. The lowest BCUT2D eigenvalue weighted by atomic mass is 9.80. The largest absolute Gasteiger partial charge is 0.488 e. The van der Waals surface area contributed by atoms with Gasteiger partial charge in [0.2, 0.25) is 0 Å². The van der Waals surface area contributed by atoms with Gasteiger partial charge in [0, 0.05) is 0 Å². The van der Waals surface area contributed by atoms with Gasteiger partial charge in [-0.25, -0.2) is 0 Å². The SMILES string of the molecule is OB(O)c1cccc([SH]2C=CC=C2)c1. The fourth-order valence-corrected chi connectivity index (χ4v) is 2.92. The van der Waals surface area contributed by atoms with Crippen molar-refractivity contribution in [3.05, 3.63) is 47.2 Å². The Morgan fingerprint density at radius 1 is 1.07 bits per heavy atom. The van der Waals surface area contributed by atoms with Crippen LogP contribution in [0.15, 0.2) is 52.1 Å². The zero-order valence-electron chi connectivity index (χ0n) is 7.54. The minimum absolute atomic E-state index is 0.365. The van der Waals surface area contributed by atoms with Gasteiger partial charge in [-0.15, -0.1) is 0 Å². The summed E-state index contributed by atoms with van der Waals surface area (Å²) in [6.07, 6.45) is 4.04. The van der Waals surface area contributed by atoms with Crippen molar-refractivity contribution in [3.8, 4) is 0 Å². The van der Waals surface area contributed by atoms with E-state index in [1.165, 1.54) is 0 Å². The van der Waals surface area contributed by atoms with E-state index in [9.17, 15) is 0 Å². The first-order chi connectivity index (χ1) is 6.77. The summed E-state index contributed by atoms with van der Waals surface area (Å²) >= 11 is 0. The van der Waals surface area contributed by atoms with Crippen LogP contribution < -0.4 is 5.46 Å². The smallest absolute Gasteiger partial charge is 0.423 e. The van der Waals surface area contributed by atoms with Crippen LogP contribution in [0.3, 0.4) is 0 Å². The summed E-state index contributed by atoms with van der Waals surface area (Å²) in [5.41, 5.74) is 0.554. The molecule has 2 N–H and O–H groups in total. The molecule has 0 atom stereocenters. The van der Waals surface area contributed by atoms with Gasteiger partial charge < -0.3 is 10.0 Å². The monoisotopic (exact) mass is 206 g/mol. The number of hydrogen-bond acceptors (Lipinski definition) is 2. The van der Waals surface area contributed by atoms with Gasteiger partial charge in [0.05, 0.1) is 0 Å². The summed E-state index contributed by atoms with van der Waals surface area (Å²) in [5, 5.41) is 22.3. The Hall–Kier alpha value is -0.965. The van der Waals surface area contributed by atoms with Crippen LogP contribution >= 0.6 is 10.9 Å². The van der Waals surface area contributed by atoms with Crippen LogP contribution in [-0.2, 0) is 0 Å². The highest BCUT2D eigenvalue weighted by Crippen LogP contribution is 2.41. The zero-order chi connectivity index (χ0) is 9.97. The van der Waals surface area contributed by atoms with Crippen molar-refractivity contribution in [2.45, 2.75) is 4.90 Å². The second kappa shape index (κ2) is 4.04. The molecule has 1 aliphatic heterocycles. The summed E-state index contributed by atoms with van der Waals surface area (Å²) in [6.45, 7) is 0. The first-order valence-electron chi connectivity index (χ1n) is 4.37. The van der Waals surface area contributed by atoms with Crippen molar-refractivity contribution in [1.29, 1.82) is 0 Å². The van der Waals surface area contributed by atoms with Crippen molar-refractivity contribution in [2.75, 3.05) is 0 Å². The molecule has 0 radical (unpaired) electrons. The lowest BCUT2D eigenvalue weighted by Crippen LogP contribution is -2.29. The van der Waals surface area contributed by atoms with E-state index in [0.29, 0.717) is 5.46 Å². The van der Waals surface area contributed by atoms with E-state index in [0.717, 1.165) is 4.90 Å². The van der Waals surface area contributed by atoms with Gasteiger partial charge in [-0.1, -0.05) is 24.3 Å². The van der Waals surface area contributed by atoms with Crippen molar-refractivity contribution in [3.63, 3.8) is 0 Å². The third-order valence-electron chi connectivity index (χ3n) is 2.07. The molecule has 0 fully saturated rings. The van der Waals surface area contributed by atoms with Crippen molar-refractivity contribution < 1.29 is 10.0 Å². The Morgan fingerprint density at radius 2 is 1.79 bits per heavy atom. The molecule has 0 unspecified atom stereocenters. The number of hydrogen-bond donors (Lipinski definition) is 3. The van der Waals surface area contributed by atoms with Crippen LogP contribution in [0, 0.1) is 0 Å². The van der Waals surface area contributed by atoms with E-state index in [-0.39, 0.29) is 10.9 Å². The molecule has 2 nitrogen and oxygen atoms in total. The molecule has 1 heterocycles. The minimum atomic E-state index is -1.37. The third kappa shape index (κ3) is 1.92. The summed E-state index contributed by atoms with van der Waals surface area (Å²) in [5.74, 6) is 0. The molecular weight excluding hydrogens is 195 g/mol. The van der Waals surface area contributed by atoms with E-state index in [1.54, 1.807) is 6.07 Å². The van der Waals surface area contributed by atoms with Gasteiger partial charge in [-0.05, 0) is 33.3 Å². The second-order valence-corrected chi connectivity index (χ2v) is 4.99. The molecule has 72 valence electrons. The quantitative estimate of drug-likeness (QED) is 0.494. The normalized spacial score (nSPS) is 16.3. The van der Waals surface area contributed by atoms with Crippen LogP contribution in [0.1, 0.15) is 0 Å². The van der Waals surface area contributed by atoms with E-state index in [4.69, 9.17) is 10.0 Å². The van der Waals surface area contributed by atoms with Gasteiger partial charge >= 0.3 is 7.12 Å². The first kappa shape index (κ1) is 9.58. The highest BCUT2D eigenvalue weighted by atomic mass is 32.2. The molecule has 1 aliphatic rings. The fourth-order valence-electron chi connectivity index (χ4n) is 1.35. The van der Waals surface area contributed by atoms with Crippen LogP contribution in [0.4, 0.5) is 0 Å². The molecular formula is C10H11BO2S. The molecule has 0 aliphatic carbocycles. The number of rotatable bonds is 2. The summed E-state index contributed by atoms with van der Waals surface area (Å²) in [7, 11) is -1.74. The maximum Gasteiger partial charge on any atom is 0.488 e. The molecule has 0 aromatic heterocycles. The standard InChI is InChI=1S/C10H11BO2S/c12-11(13)9-4-3-5-10(8-9)14-6-1-2-7-14/h1-8,12-14H. The van der Waals surface area contributed by atoms with E-state index >= 15 is 0 Å². The minimum Gasteiger partial charge on any atom is -0.423 e. The van der Waals surface area contributed by atoms with Crippen molar-refractivity contribution in [1.82, 2.24) is 0 Å². The number of allylic oxidation sites excluding steroid dienone is 2. The molecule has 1 aromatic carbocycles. The molecule has 1 aromatic rings. The summed E-state index contributed by atoms with van der Waals surface area (Å²) < 4.78 is 0. The Balaban J connectivity index is 2.30. The van der Waals surface area contributed by atoms with Gasteiger partial charge in [0.15, 0.2) is 0 Å². The Morgan fingerprint density at radius 3 is 2.43 bits per heavy atom. The Bertz CT molecular complexity index is 375. The molecule has 4 heteroatoms. The second-order valence-electron chi connectivity index (χ2n) is 3.06.